The van der Waals surface area contributed by atoms with E-state index in [0.717, 1.165) is 25.7 Å². The van der Waals surface area contributed by atoms with Crippen LogP contribution < -0.4 is 0 Å². The van der Waals surface area contributed by atoms with Gasteiger partial charge in [0.15, 0.2) is 0 Å². The van der Waals surface area contributed by atoms with Crippen molar-refractivity contribution in [1.29, 1.82) is 0 Å². The molecule has 0 spiro atoms. The third-order valence-corrected chi connectivity index (χ3v) is 10.1. The number of allylic oxidation sites excluding steroid dienone is 2. The summed E-state index contributed by atoms with van der Waals surface area (Å²) in [4.78, 5) is 0. The molecule has 0 aromatic heterocycles. The topological polar surface area (TPSA) is 9.23 Å². The standard InChI is InChI=1S/C25H36OSi/c1-21(17-18-22-13-9-7-10-14-22)24(26-27(5,6)25(2,3)4)20-19-23-15-11-8-12-16-23/h7-16H,17-20H2,1-6H3/b24-21-. The minimum Gasteiger partial charge on any atom is -0.547 e. The van der Waals surface area contributed by atoms with Crippen LogP contribution in [0.1, 0.15) is 51.7 Å². The number of hydrogen-bond acceptors (Lipinski definition) is 1. The Morgan fingerprint density at radius 2 is 1.22 bits per heavy atom. The largest absolute Gasteiger partial charge is 0.547 e. The third-order valence-electron chi connectivity index (χ3n) is 5.78. The maximum atomic E-state index is 6.79. The molecule has 2 rings (SSSR count). The van der Waals surface area contributed by atoms with Crippen LogP contribution in [0.5, 0.6) is 0 Å². The van der Waals surface area contributed by atoms with Crippen LogP contribution in [0, 0.1) is 0 Å². The lowest BCUT2D eigenvalue weighted by atomic mass is 10.0. The molecule has 0 aliphatic heterocycles. The summed E-state index contributed by atoms with van der Waals surface area (Å²) in [5.74, 6) is 1.22. The molecular weight excluding hydrogens is 344 g/mol. The molecule has 2 heteroatoms. The lowest BCUT2D eigenvalue weighted by Gasteiger charge is -2.38. The Morgan fingerprint density at radius 3 is 1.67 bits per heavy atom. The molecule has 0 aliphatic carbocycles. The summed E-state index contributed by atoms with van der Waals surface area (Å²) in [5.41, 5.74) is 4.18. The molecule has 0 atom stereocenters. The van der Waals surface area contributed by atoms with Crippen LogP contribution in [0.2, 0.25) is 18.1 Å². The molecule has 0 saturated heterocycles. The molecule has 0 radical (unpaired) electrons. The number of hydrogen-bond donors (Lipinski definition) is 0. The molecule has 0 fully saturated rings. The predicted octanol–water partition coefficient (Wildman–Crippen LogP) is 7.55. The highest BCUT2D eigenvalue weighted by Crippen LogP contribution is 2.39. The zero-order chi connectivity index (χ0) is 19.9. The summed E-state index contributed by atoms with van der Waals surface area (Å²) >= 11 is 0. The first-order chi connectivity index (χ1) is 12.7. The highest BCUT2D eigenvalue weighted by molar-refractivity contribution is 6.74. The van der Waals surface area contributed by atoms with Gasteiger partial charge in [-0.3, -0.25) is 0 Å². The van der Waals surface area contributed by atoms with E-state index in [-0.39, 0.29) is 5.04 Å². The second-order valence-electron chi connectivity index (χ2n) is 9.04. The van der Waals surface area contributed by atoms with Gasteiger partial charge in [0, 0.05) is 6.42 Å². The minimum atomic E-state index is -1.84. The van der Waals surface area contributed by atoms with Crippen molar-refractivity contribution < 1.29 is 4.43 Å². The average Bonchev–Trinajstić information content (AvgIpc) is 2.64. The Labute approximate surface area is 167 Å². The molecule has 146 valence electrons. The Morgan fingerprint density at radius 1 is 0.778 bits per heavy atom. The quantitative estimate of drug-likeness (QED) is 0.339. The first-order valence-electron chi connectivity index (χ1n) is 10.1. The molecule has 0 bridgehead atoms. The molecule has 0 saturated carbocycles. The Balaban J connectivity index is 2.16. The fourth-order valence-corrected chi connectivity index (χ4v) is 4.03. The first kappa shape index (κ1) is 21.5. The van der Waals surface area contributed by atoms with Gasteiger partial charge >= 0.3 is 0 Å². The van der Waals surface area contributed by atoms with Crippen LogP contribution in [-0.4, -0.2) is 8.32 Å². The summed E-state index contributed by atoms with van der Waals surface area (Å²) < 4.78 is 6.79. The fourth-order valence-electron chi connectivity index (χ4n) is 2.83. The summed E-state index contributed by atoms with van der Waals surface area (Å²) in [6, 6.07) is 21.5. The maximum Gasteiger partial charge on any atom is 0.250 e. The van der Waals surface area contributed by atoms with Crippen molar-refractivity contribution in [2.75, 3.05) is 0 Å². The van der Waals surface area contributed by atoms with Crippen LogP contribution in [-0.2, 0) is 17.3 Å². The predicted molar refractivity (Wildman–Crippen MR) is 121 cm³/mol. The van der Waals surface area contributed by atoms with Crippen molar-refractivity contribution >= 4 is 8.32 Å². The summed E-state index contributed by atoms with van der Waals surface area (Å²) in [6.45, 7) is 13.9. The number of aryl methyl sites for hydroxylation is 2. The molecule has 2 aromatic carbocycles. The molecular formula is C25H36OSi. The van der Waals surface area contributed by atoms with Gasteiger partial charge < -0.3 is 4.43 Å². The van der Waals surface area contributed by atoms with Gasteiger partial charge in [-0.05, 0) is 61.0 Å². The minimum absolute atomic E-state index is 0.213. The Bertz CT molecular complexity index is 724. The van der Waals surface area contributed by atoms with Crippen molar-refractivity contribution in [2.24, 2.45) is 0 Å². The highest BCUT2D eigenvalue weighted by atomic mass is 28.4. The Kier molecular flexibility index (Phi) is 7.49. The van der Waals surface area contributed by atoms with E-state index >= 15 is 0 Å². The van der Waals surface area contributed by atoms with Gasteiger partial charge in [0.1, 0.15) is 0 Å². The lowest BCUT2D eigenvalue weighted by molar-refractivity contribution is 0.359. The lowest BCUT2D eigenvalue weighted by Crippen LogP contribution is -2.40. The van der Waals surface area contributed by atoms with Crippen LogP contribution in [0.15, 0.2) is 72.0 Å². The van der Waals surface area contributed by atoms with E-state index in [0.29, 0.717) is 0 Å². The van der Waals surface area contributed by atoms with E-state index in [1.165, 1.54) is 22.5 Å². The van der Waals surface area contributed by atoms with Crippen LogP contribution in [0.25, 0.3) is 0 Å². The van der Waals surface area contributed by atoms with Gasteiger partial charge in [-0.15, -0.1) is 0 Å². The average molecular weight is 381 g/mol. The summed E-state index contributed by atoms with van der Waals surface area (Å²) in [6.07, 6.45) is 4.15. The van der Waals surface area contributed by atoms with Crippen LogP contribution in [0.3, 0.4) is 0 Å². The van der Waals surface area contributed by atoms with E-state index in [4.69, 9.17) is 4.43 Å². The molecule has 0 N–H and O–H groups in total. The fraction of sp³-hybridized carbons (Fsp3) is 0.440. The molecule has 0 aliphatic rings. The zero-order valence-corrected chi connectivity index (χ0v) is 19.0. The summed E-state index contributed by atoms with van der Waals surface area (Å²) in [7, 11) is -1.84. The number of benzene rings is 2. The van der Waals surface area contributed by atoms with Gasteiger partial charge in [0.2, 0.25) is 8.32 Å². The molecule has 0 amide bonds. The maximum absolute atomic E-state index is 6.79. The third kappa shape index (κ3) is 6.70. The van der Waals surface area contributed by atoms with E-state index in [2.05, 4.69) is 101 Å². The molecule has 0 heterocycles. The molecule has 27 heavy (non-hydrogen) atoms. The molecule has 0 unspecified atom stereocenters. The monoisotopic (exact) mass is 380 g/mol. The van der Waals surface area contributed by atoms with E-state index in [9.17, 15) is 0 Å². The normalized spacial score (nSPS) is 13.3. The second kappa shape index (κ2) is 9.41. The van der Waals surface area contributed by atoms with Crippen LogP contribution in [0.4, 0.5) is 0 Å². The molecule has 2 aromatic rings. The Hall–Kier alpha value is -1.80. The summed E-state index contributed by atoms with van der Waals surface area (Å²) in [5, 5.41) is 0.213. The van der Waals surface area contributed by atoms with Crippen molar-refractivity contribution in [3.63, 3.8) is 0 Å². The van der Waals surface area contributed by atoms with Gasteiger partial charge in [0.05, 0.1) is 5.76 Å². The van der Waals surface area contributed by atoms with Crippen molar-refractivity contribution in [3.8, 4) is 0 Å². The van der Waals surface area contributed by atoms with E-state index in [1.54, 1.807) is 0 Å². The first-order valence-corrected chi connectivity index (χ1v) is 13.1. The van der Waals surface area contributed by atoms with Gasteiger partial charge in [-0.25, -0.2) is 0 Å². The van der Waals surface area contributed by atoms with Gasteiger partial charge in [-0.1, -0.05) is 81.4 Å². The second-order valence-corrected chi connectivity index (χ2v) is 13.8. The van der Waals surface area contributed by atoms with E-state index < -0.39 is 8.32 Å². The zero-order valence-electron chi connectivity index (χ0n) is 18.0. The van der Waals surface area contributed by atoms with Crippen molar-refractivity contribution in [3.05, 3.63) is 83.1 Å². The van der Waals surface area contributed by atoms with Crippen LogP contribution >= 0.6 is 0 Å². The highest BCUT2D eigenvalue weighted by Gasteiger charge is 2.39. The van der Waals surface area contributed by atoms with Gasteiger partial charge in [0.25, 0.3) is 0 Å². The van der Waals surface area contributed by atoms with Gasteiger partial charge in [-0.2, -0.15) is 0 Å². The molecule has 1 nitrogen and oxygen atoms in total. The van der Waals surface area contributed by atoms with Crippen molar-refractivity contribution in [2.45, 2.75) is 71.5 Å². The van der Waals surface area contributed by atoms with E-state index in [1.807, 2.05) is 0 Å². The smallest absolute Gasteiger partial charge is 0.250 e. The number of rotatable bonds is 8. The van der Waals surface area contributed by atoms with Crippen molar-refractivity contribution in [1.82, 2.24) is 0 Å². The SMILES string of the molecule is C/C(CCc1ccccc1)=C(\CCc1ccccc1)O[Si](C)(C)C(C)(C)C.